The molecule has 0 rings (SSSR count). The Balaban J connectivity index is 4.30. The molecule has 94 valence electrons. The minimum atomic E-state index is -1.65. The van der Waals surface area contributed by atoms with Crippen molar-refractivity contribution in [1.29, 1.82) is 0 Å². The van der Waals surface area contributed by atoms with Crippen molar-refractivity contribution >= 4 is 8.32 Å². The highest BCUT2D eigenvalue weighted by atomic mass is 28.4. The molecule has 1 nitrogen and oxygen atoms in total. The van der Waals surface area contributed by atoms with Crippen molar-refractivity contribution in [2.45, 2.75) is 64.3 Å². The van der Waals surface area contributed by atoms with Crippen molar-refractivity contribution < 1.29 is 4.43 Å². The molecule has 1 unspecified atom stereocenters. The van der Waals surface area contributed by atoms with Crippen LogP contribution in [0.4, 0.5) is 0 Å². The van der Waals surface area contributed by atoms with Gasteiger partial charge in [-0.15, -0.1) is 13.2 Å². The predicted octanol–water partition coefficient (Wildman–Crippen LogP) is 4.92. The van der Waals surface area contributed by atoms with Gasteiger partial charge in [-0.1, -0.05) is 32.9 Å². The molecule has 0 aliphatic heterocycles. The largest absolute Gasteiger partial charge is 0.411 e. The Morgan fingerprint density at radius 3 is 2.19 bits per heavy atom. The molecule has 0 fully saturated rings. The molecule has 0 saturated carbocycles. The maximum Gasteiger partial charge on any atom is 0.192 e. The van der Waals surface area contributed by atoms with Crippen molar-refractivity contribution in [3.05, 3.63) is 25.3 Å². The lowest BCUT2D eigenvalue weighted by Crippen LogP contribution is -2.43. The fraction of sp³-hybridized carbons (Fsp3) is 0.714. The zero-order valence-corrected chi connectivity index (χ0v) is 12.7. The SMILES string of the molecule is C=CCCCC(C=C)O[Si](C)(C)C(C)(C)C. The second kappa shape index (κ2) is 6.41. The van der Waals surface area contributed by atoms with E-state index in [1.54, 1.807) is 0 Å². The molecule has 0 saturated heterocycles. The molecule has 0 radical (unpaired) electrons. The fourth-order valence-electron chi connectivity index (χ4n) is 1.24. The summed E-state index contributed by atoms with van der Waals surface area (Å²) in [5, 5.41) is 0.271. The normalized spacial score (nSPS) is 14.6. The monoisotopic (exact) mass is 240 g/mol. The van der Waals surface area contributed by atoms with Crippen LogP contribution in [0, 0.1) is 0 Å². The second-order valence-electron chi connectivity index (χ2n) is 5.87. The summed E-state index contributed by atoms with van der Waals surface area (Å²) in [6, 6.07) is 0. The van der Waals surface area contributed by atoms with Crippen molar-refractivity contribution in [2.75, 3.05) is 0 Å². The lowest BCUT2D eigenvalue weighted by molar-refractivity contribution is 0.213. The molecular weight excluding hydrogens is 212 g/mol. The van der Waals surface area contributed by atoms with E-state index >= 15 is 0 Å². The molecule has 16 heavy (non-hydrogen) atoms. The molecule has 0 amide bonds. The molecular formula is C14H28OSi. The maximum absolute atomic E-state index is 6.28. The summed E-state index contributed by atoms with van der Waals surface area (Å²) in [6.45, 7) is 19.0. The van der Waals surface area contributed by atoms with Gasteiger partial charge in [0.1, 0.15) is 0 Å². The predicted molar refractivity (Wildman–Crippen MR) is 76.3 cm³/mol. The van der Waals surface area contributed by atoms with Crippen LogP contribution in [0.2, 0.25) is 18.1 Å². The topological polar surface area (TPSA) is 9.23 Å². The van der Waals surface area contributed by atoms with Crippen LogP contribution >= 0.6 is 0 Å². The lowest BCUT2D eigenvalue weighted by Gasteiger charge is -2.38. The molecule has 0 N–H and O–H groups in total. The van der Waals surface area contributed by atoms with E-state index in [1.807, 2.05) is 12.2 Å². The van der Waals surface area contributed by atoms with E-state index in [0.717, 1.165) is 19.3 Å². The zero-order valence-electron chi connectivity index (χ0n) is 11.7. The van der Waals surface area contributed by atoms with E-state index < -0.39 is 8.32 Å². The van der Waals surface area contributed by atoms with Crippen molar-refractivity contribution in [2.24, 2.45) is 0 Å². The number of hydrogen-bond donors (Lipinski definition) is 0. The maximum atomic E-state index is 6.28. The van der Waals surface area contributed by atoms with E-state index in [2.05, 4.69) is 47.0 Å². The molecule has 0 bridgehead atoms. The van der Waals surface area contributed by atoms with Crippen LogP contribution in [0.1, 0.15) is 40.0 Å². The Labute approximate surface area is 103 Å². The van der Waals surface area contributed by atoms with Crippen LogP contribution < -0.4 is 0 Å². The van der Waals surface area contributed by atoms with Crippen molar-refractivity contribution in [1.82, 2.24) is 0 Å². The number of allylic oxidation sites excluding steroid dienone is 1. The summed E-state index contributed by atoms with van der Waals surface area (Å²) in [5.41, 5.74) is 0. The van der Waals surface area contributed by atoms with Crippen LogP contribution in [0.25, 0.3) is 0 Å². The Hall–Kier alpha value is -0.343. The third-order valence-electron chi connectivity index (χ3n) is 3.41. The van der Waals surface area contributed by atoms with Crippen LogP contribution in [-0.2, 0) is 4.43 Å². The highest BCUT2D eigenvalue weighted by molar-refractivity contribution is 6.74. The summed E-state index contributed by atoms with van der Waals surface area (Å²) in [4.78, 5) is 0. The van der Waals surface area contributed by atoms with Gasteiger partial charge in [-0.25, -0.2) is 0 Å². The second-order valence-corrected chi connectivity index (χ2v) is 10.6. The van der Waals surface area contributed by atoms with Gasteiger partial charge >= 0.3 is 0 Å². The molecule has 0 spiro atoms. The summed E-state index contributed by atoms with van der Waals surface area (Å²) >= 11 is 0. The standard InChI is InChI=1S/C14H28OSi/c1-8-10-11-12-13(9-2)15-16(6,7)14(3,4)5/h8-9,13H,1-2,10-12H2,3-7H3. The van der Waals surface area contributed by atoms with Gasteiger partial charge < -0.3 is 4.43 Å². The van der Waals surface area contributed by atoms with Crippen LogP contribution in [0.3, 0.4) is 0 Å². The fourth-order valence-corrected chi connectivity index (χ4v) is 2.57. The van der Waals surface area contributed by atoms with Crippen LogP contribution in [0.15, 0.2) is 25.3 Å². The van der Waals surface area contributed by atoms with Gasteiger partial charge in [0.05, 0.1) is 6.10 Å². The van der Waals surface area contributed by atoms with Crippen LogP contribution in [-0.4, -0.2) is 14.4 Å². The molecule has 0 aromatic heterocycles. The van der Waals surface area contributed by atoms with Gasteiger partial charge in [0.2, 0.25) is 0 Å². The average Bonchev–Trinajstić information content (AvgIpc) is 2.14. The molecule has 2 heteroatoms. The summed E-state index contributed by atoms with van der Waals surface area (Å²) in [7, 11) is -1.65. The first kappa shape index (κ1) is 15.7. The Bertz CT molecular complexity index is 225. The number of rotatable bonds is 7. The van der Waals surface area contributed by atoms with Gasteiger partial charge in [-0.3, -0.25) is 0 Å². The Morgan fingerprint density at radius 1 is 1.25 bits per heavy atom. The van der Waals surface area contributed by atoms with E-state index in [9.17, 15) is 0 Å². The van der Waals surface area contributed by atoms with Gasteiger partial charge in [0.25, 0.3) is 0 Å². The van der Waals surface area contributed by atoms with E-state index in [1.165, 1.54) is 0 Å². The van der Waals surface area contributed by atoms with Gasteiger partial charge in [-0.05, 0) is 37.4 Å². The van der Waals surface area contributed by atoms with Crippen LogP contribution in [0.5, 0.6) is 0 Å². The molecule has 0 heterocycles. The van der Waals surface area contributed by atoms with Gasteiger partial charge in [0.15, 0.2) is 8.32 Å². The molecule has 0 aliphatic rings. The van der Waals surface area contributed by atoms with Crippen molar-refractivity contribution in [3.63, 3.8) is 0 Å². The molecule has 1 atom stereocenters. The Kier molecular flexibility index (Phi) is 6.27. The average molecular weight is 240 g/mol. The summed E-state index contributed by atoms with van der Waals surface area (Å²) in [5.74, 6) is 0. The summed E-state index contributed by atoms with van der Waals surface area (Å²) < 4.78 is 6.28. The molecule has 0 aliphatic carbocycles. The summed E-state index contributed by atoms with van der Waals surface area (Å²) in [6.07, 6.45) is 7.37. The highest BCUT2D eigenvalue weighted by Crippen LogP contribution is 2.37. The van der Waals surface area contributed by atoms with E-state index in [0.29, 0.717) is 0 Å². The number of hydrogen-bond acceptors (Lipinski definition) is 1. The first-order chi connectivity index (χ1) is 7.24. The third-order valence-corrected chi connectivity index (χ3v) is 7.92. The first-order valence-electron chi connectivity index (χ1n) is 6.16. The third kappa shape index (κ3) is 5.13. The zero-order chi connectivity index (χ0) is 12.8. The number of unbranched alkanes of at least 4 members (excludes halogenated alkanes) is 1. The minimum absolute atomic E-state index is 0.209. The lowest BCUT2D eigenvalue weighted by atomic mass is 10.1. The van der Waals surface area contributed by atoms with Crippen molar-refractivity contribution in [3.8, 4) is 0 Å². The quantitative estimate of drug-likeness (QED) is 0.349. The van der Waals surface area contributed by atoms with E-state index in [-0.39, 0.29) is 11.1 Å². The van der Waals surface area contributed by atoms with E-state index in [4.69, 9.17) is 4.43 Å². The van der Waals surface area contributed by atoms with Gasteiger partial charge in [0, 0.05) is 0 Å². The molecule has 0 aromatic carbocycles. The molecule has 0 aromatic rings. The first-order valence-corrected chi connectivity index (χ1v) is 9.06. The Morgan fingerprint density at radius 2 is 1.81 bits per heavy atom. The minimum Gasteiger partial charge on any atom is -0.411 e. The highest BCUT2D eigenvalue weighted by Gasteiger charge is 2.38. The smallest absolute Gasteiger partial charge is 0.192 e. The van der Waals surface area contributed by atoms with Gasteiger partial charge in [-0.2, -0.15) is 0 Å².